The van der Waals surface area contributed by atoms with Gasteiger partial charge in [0.2, 0.25) is 0 Å². The molecule has 1 aliphatic heterocycles. The fraction of sp³-hybridized carbons (Fsp3) is 1.00. The first-order chi connectivity index (χ1) is 9.33. The van der Waals surface area contributed by atoms with Crippen molar-refractivity contribution < 1.29 is 9.84 Å². The number of nitrogens with zero attached hydrogens (tertiary/aromatic N) is 1. The molecule has 2 aliphatic carbocycles. The highest BCUT2D eigenvalue weighted by Gasteiger charge is 2.47. The number of aliphatic hydroxyl groups excluding tert-OH is 1. The van der Waals surface area contributed by atoms with Crippen LogP contribution in [-0.4, -0.2) is 48.0 Å². The molecule has 110 valence electrons. The SMILES string of the molecule is OC1CCCCC1C1(N2CCOCC2)CCCCC1. The molecule has 3 rings (SSSR count). The molecule has 1 heterocycles. The van der Waals surface area contributed by atoms with Crippen LogP contribution in [0, 0.1) is 5.92 Å². The summed E-state index contributed by atoms with van der Waals surface area (Å²) in [4.78, 5) is 2.69. The highest BCUT2D eigenvalue weighted by Crippen LogP contribution is 2.45. The topological polar surface area (TPSA) is 32.7 Å². The molecule has 3 nitrogen and oxygen atoms in total. The average Bonchev–Trinajstić information content (AvgIpc) is 2.49. The molecule has 0 amide bonds. The van der Waals surface area contributed by atoms with E-state index in [0.29, 0.717) is 11.5 Å². The van der Waals surface area contributed by atoms with E-state index in [0.717, 1.165) is 32.7 Å². The highest BCUT2D eigenvalue weighted by atomic mass is 16.5. The minimum absolute atomic E-state index is 0.0605. The second kappa shape index (κ2) is 6.11. The van der Waals surface area contributed by atoms with E-state index in [1.54, 1.807) is 0 Å². The van der Waals surface area contributed by atoms with Crippen LogP contribution in [0.1, 0.15) is 57.8 Å². The summed E-state index contributed by atoms with van der Waals surface area (Å²) in [7, 11) is 0. The van der Waals surface area contributed by atoms with Crippen LogP contribution in [0.5, 0.6) is 0 Å². The molecule has 1 saturated heterocycles. The summed E-state index contributed by atoms with van der Waals surface area (Å²) in [5.41, 5.74) is 0.294. The van der Waals surface area contributed by atoms with Gasteiger partial charge in [0, 0.05) is 24.5 Å². The van der Waals surface area contributed by atoms with Gasteiger partial charge in [-0.25, -0.2) is 0 Å². The second-order valence-corrected chi connectivity index (χ2v) is 6.72. The molecule has 0 radical (unpaired) electrons. The number of rotatable bonds is 2. The lowest BCUT2D eigenvalue weighted by Gasteiger charge is -2.54. The average molecular weight is 267 g/mol. The molecule has 3 aliphatic rings. The minimum atomic E-state index is -0.0605. The summed E-state index contributed by atoms with van der Waals surface area (Å²) < 4.78 is 5.55. The third-order valence-corrected chi connectivity index (χ3v) is 5.78. The van der Waals surface area contributed by atoms with Crippen LogP contribution in [0.4, 0.5) is 0 Å². The first-order valence-corrected chi connectivity index (χ1v) is 8.34. The zero-order valence-electron chi connectivity index (χ0n) is 12.1. The van der Waals surface area contributed by atoms with Crippen molar-refractivity contribution in [1.82, 2.24) is 4.90 Å². The third kappa shape index (κ3) is 2.70. The van der Waals surface area contributed by atoms with Crippen molar-refractivity contribution in [3.63, 3.8) is 0 Å². The smallest absolute Gasteiger partial charge is 0.0594 e. The number of hydrogen-bond acceptors (Lipinski definition) is 3. The Labute approximate surface area is 117 Å². The van der Waals surface area contributed by atoms with E-state index in [4.69, 9.17) is 4.74 Å². The third-order valence-electron chi connectivity index (χ3n) is 5.78. The van der Waals surface area contributed by atoms with Crippen LogP contribution in [0.3, 0.4) is 0 Å². The number of morpholine rings is 1. The Morgan fingerprint density at radius 3 is 2.26 bits per heavy atom. The lowest BCUT2D eigenvalue weighted by atomic mass is 9.65. The summed E-state index contributed by atoms with van der Waals surface area (Å²) in [5.74, 6) is 0.514. The van der Waals surface area contributed by atoms with Gasteiger partial charge in [-0.1, -0.05) is 32.1 Å². The van der Waals surface area contributed by atoms with Gasteiger partial charge >= 0.3 is 0 Å². The Bertz CT molecular complexity index is 282. The lowest BCUT2D eigenvalue weighted by Crippen LogP contribution is -2.61. The molecular weight excluding hydrogens is 238 g/mol. The maximum atomic E-state index is 10.6. The van der Waals surface area contributed by atoms with Gasteiger partial charge in [-0.2, -0.15) is 0 Å². The standard InChI is InChI=1S/C16H29NO2/c18-15-7-3-2-6-14(15)16(8-4-1-5-9-16)17-10-12-19-13-11-17/h14-15,18H,1-13H2. The van der Waals surface area contributed by atoms with Gasteiger partial charge < -0.3 is 9.84 Å². The van der Waals surface area contributed by atoms with Crippen LogP contribution < -0.4 is 0 Å². The first kappa shape index (κ1) is 13.8. The van der Waals surface area contributed by atoms with Gasteiger partial charge in [0.15, 0.2) is 0 Å². The Kier molecular flexibility index (Phi) is 4.45. The zero-order valence-corrected chi connectivity index (χ0v) is 12.1. The van der Waals surface area contributed by atoms with Crippen LogP contribution in [0.25, 0.3) is 0 Å². The fourth-order valence-corrected chi connectivity index (χ4v) is 4.83. The summed E-state index contributed by atoms with van der Waals surface area (Å²) in [5, 5.41) is 10.6. The largest absolute Gasteiger partial charge is 0.393 e. The van der Waals surface area contributed by atoms with Gasteiger partial charge in [0.1, 0.15) is 0 Å². The van der Waals surface area contributed by atoms with Crippen molar-refractivity contribution in [1.29, 1.82) is 0 Å². The molecule has 3 heteroatoms. The van der Waals surface area contributed by atoms with Crippen molar-refractivity contribution >= 4 is 0 Å². The Morgan fingerprint density at radius 2 is 1.58 bits per heavy atom. The van der Waals surface area contributed by atoms with Crippen LogP contribution in [0.15, 0.2) is 0 Å². The predicted octanol–water partition coefficient (Wildman–Crippen LogP) is 2.57. The molecule has 0 aromatic rings. The van der Waals surface area contributed by atoms with E-state index in [1.807, 2.05) is 0 Å². The van der Waals surface area contributed by atoms with E-state index in [-0.39, 0.29) is 6.10 Å². The Morgan fingerprint density at radius 1 is 0.895 bits per heavy atom. The van der Waals surface area contributed by atoms with Gasteiger partial charge in [-0.15, -0.1) is 0 Å². The summed E-state index contributed by atoms with van der Waals surface area (Å²) in [6, 6.07) is 0. The Balaban J connectivity index is 1.81. The second-order valence-electron chi connectivity index (χ2n) is 6.72. The molecule has 0 aromatic carbocycles. The molecule has 3 fully saturated rings. The van der Waals surface area contributed by atoms with Crippen LogP contribution in [0.2, 0.25) is 0 Å². The normalized spacial score (nSPS) is 37.1. The predicted molar refractivity (Wildman–Crippen MR) is 76.2 cm³/mol. The van der Waals surface area contributed by atoms with Crippen molar-refractivity contribution in [3.8, 4) is 0 Å². The molecule has 0 spiro atoms. The molecule has 2 atom stereocenters. The monoisotopic (exact) mass is 267 g/mol. The molecular formula is C16H29NO2. The van der Waals surface area contributed by atoms with E-state index in [1.165, 1.54) is 51.4 Å². The van der Waals surface area contributed by atoms with Crippen LogP contribution >= 0.6 is 0 Å². The molecule has 2 unspecified atom stereocenters. The van der Waals surface area contributed by atoms with E-state index in [9.17, 15) is 5.11 Å². The quantitative estimate of drug-likeness (QED) is 0.834. The van der Waals surface area contributed by atoms with Crippen molar-refractivity contribution in [3.05, 3.63) is 0 Å². The van der Waals surface area contributed by atoms with Crippen LogP contribution in [-0.2, 0) is 4.74 Å². The van der Waals surface area contributed by atoms with E-state index >= 15 is 0 Å². The molecule has 19 heavy (non-hydrogen) atoms. The molecule has 2 saturated carbocycles. The van der Waals surface area contributed by atoms with Gasteiger partial charge in [-0.05, 0) is 25.7 Å². The van der Waals surface area contributed by atoms with Crippen molar-refractivity contribution in [2.75, 3.05) is 26.3 Å². The number of hydrogen-bond donors (Lipinski definition) is 1. The van der Waals surface area contributed by atoms with Gasteiger partial charge in [0.25, 0.3) is 0 Å². The molecule has 0 aromatic heterocycles. The van der Waals surface area contributed by atoms with Crippen molar-refractivity contribution in [2.24, 2.45) is 5.92 Å². The van der Waals surface area contributed by atoms with Gasteiger partial charge in [-0.3, -0.25) is 4.90 Å². The first-order valence-electron chi connectivity index (χ1n) is 8.34. The van der Waals surface area contributed by atoms with E-state index in [2.05, 4.69) is 4.90 Å². The minimum Gasteiger partial charge on any atom is -0.393 e. The maximum absolute atomic E-state index is 10.6. The highest BCUT2D eigenvalue weighted by molar-refractivity contribution is 5.02. The Hall–Kier alpha value is -0.120. The number of ether oxygens (including phenoxy) is 1. The summed E-state index contributed by atoms with van der Waals surface area (Å²) in [6.07, 6.45) is 11.4. The molecule has 1 N–H and O–H groups in total. The summed E-state index contributed by atoms with van der Waals surface area (Å²) >= 11 is 0. The fourth-order valence-electron chi connectivity index (χ4n) is 4.83. The van der Waals surface area contributed by atoms with Gasteiger partial charge in [0.05, 0.1) is 19.3 Å². The summed E-state index contributed by atoms with van der Waals surface area (Å²) in [6.45, 7) is 3.90. The van der Waals surface area contributed by atoms with Crippen molar-refractivity contribution in [2.45, 2.75) is 69.4 Å². The van der Waals surface area contributed by atoms with E-state index < -0.39 is 0 Å². The lowest BCUT2D eigenvalue weighted by molar-refractivity contribution is -0.103. The maximum Gasteiger partial charge on any atom is 0.0594 e. The zero-order chi connectivity index (χ0) is 13.1. The number of aliphatic hydroxyl groups is 1. The molecule has 0 bridgehead atoms.